The van der Waals surface area contributed by atoms with Crippen molar-refractivity contribution < 1.29 is 9.59 Å². The van der Waals surface area contributed by atoms with Crippen LogP contribution in [0, 0.1) is 0 Å². The molecule has 0 bridgehead atoms. The van der Waals surface area contributed by atoms with Gasteiger partial charge < -0.3 is 15.1 Å². The van der Waals surface area contributed by atoms with Gasteiger partial charge in [-0.15, -0.1) is 0 Å². The number of likely N-dealkylation sites (N-methyl/N-ethyl adjacent to an activating group) is 1. The second-order valence-electron chi connectivity index (χ2n) is 4.67. The topological polar surface area (TPSA) is 65.5 Å². The number of carbonyl (C=O) groups excluding carboxylic acids is 2. The largest absolute Gasteiger partial charge is 0.373 e. The van der Waals surface area contributed by atoms with Crippen LogP contribution in [0.25, 0.3) is 0 Å². The average Bonchev–Trinajstić information content (AvgIpc) is 2.61. The van der Waals surface area contributed by atoms with Crippen LogP contribution < -0.4 is 5.32 Å². The molecule has 0 spiro atoms. The lowest BCUT2D eigenvalue weighted by molar-refractivity contribution is -0.129. The molecule has 108 valence electrons. The molecular weight excluding hydrogens is 280 g/mol. The van der Waals surface area contributed by atoms with E-state index in [0.717, 1.165) is 6.42 Å². The minimum absolute atomic E-state index is 0.0666. The van der Waals surface area contributed by atoms with Crippen LogP contribution >= 0.6 is 11.6 Å². The summed E-state index contributed by atoms with van der Waals surface area (Å²) >= 11 is 6.04. The average molecular weight is 297 g/mol. The first-order chi connectivity index (χ1) is 9.52. The predicted molar refractivity (Wildman–Crippen MR) is 77.0 cm³/mol. The van der Waals surface area contributed by atoms with E-state index < -0.39 is 0 Å². The van der Waals surface area contributed by atoms with Crippen molar-refractivity contribution in [3.05, 3.63) is 22.8 Å². The Morgan fingerprint density at radius 3 is 2.85 bits per heavy atom. The number of hydrogen-bond donors (Lipinski definition) is 1. The molecule has 1 saturated heterocycles. The second kappa shape index (κ2) is 6.09. The van der Waals surface area contributed by atoms with Crippen molar-refractivity contribution in [1.29, 1.82) is 0 Å². The summed E-state index contributed by atoms with van der Waals surface area (Å²) < 4.78 is 0. The van der Waals surface area contributed by atoms with Crippen LogP contribution in [0.3, 0.4) is 0 Å². The molecule has 1 aromatic heterocycles. The summed E-state index contributed by atoms with van der Waals surface area (Å²) in [5, 5.41) is 3.16. The van der Waals surface area contributed by atoms with E-state index in [9.17, 15) is 9.59 Å². The molecule has 0 unspecified atom stereocenters. The molecule has 20 heavy (non-hydrogen) atoms. The van der Waals surface area contributed by atoms with Gasteiger partial charge in [0.25, 0.3) is 5.91 Å². The van der Waals surface area contributed by atoms with E-state index in [2.05, 4.69) is 10.3 Å². The first kappa shape index (κ1) is 14.6. The maximum atomic E-state index is 12.5. The molecule has 7 heteroatoms. The summed E-state index contributed by atoms with van der Waals surface area (Å²) in [5.41, 5.74) is 0.177. The number of rotatable bonds is 2. The van der Waals surface area contributed by atoms with E-state index in [0.29, 0.717) is 23.9 Å². The number of amides is 2. The Morgan fingerprint density at radius 2 is 2.15 bits per heavy atom. The molecule has 0 aromatic carbocycles. The fourth-order valence-corrected chi connectivity index (χ4v) is 2.23. The Kier molecular flexibility index (Phi) is 4.44. The fourth-order valence-electron chi connectivity index (χ4n) is 2.04. The van der Waals surface area contributed by atoms with E-state index >= 15 is 0 Å². The van der Waals surface area contributed by atoms with Crippen LogP contribution in [0.1, 0.15) is 16.9 Å². The first-order valence-corrected chi connectivity index (χ1v) is 6.78. The smallest absolute Gasteiger partial charge is 0.274 e. The fraction of sp³-hybridized carbons (Fsp3) is 0.462. The van der Waals surface area contributed by atoms with Gasteiger partial charge in [0.05, 0.1) is 5.02 Å². The molecule has 6 nitrogen and oxygen atoms in total. The highest BCUT2D eigenvalue weighted by Crippen LogP contribution is 2.19. The Balaban J connectivity index is 2.24. The van der Waals surface area contributed by atoms with Crippen LogP contribution in [0.15, 0.2) is 12.1 Å². The van der Waals surface area contributed by atoms with Crippen molar-refractivity contribution in [2.24, 2.45) is 0 Å². The number of anilines is 1. The van der Waals surface area contributed by atoms with E-state index in [1.54, 1.807) is 31.1 Å². The number of nitrogens with zero attached hydrogens (tertiary/aromatic N) is 3. The molecule has 0 radical (unpaired) electrons. The van der Waals surface area contributed by atoms with Crippen LogP contribution in [-0.2, 0) is 4.79 Å². The SMILES string of the molecule is CNc1ccc(Cl)c(C(=O)N2CCCN(C)C(=O)C2)n1. The van der Waals surface area contributed by atoms with E-state index in [4.69, 9.17) is 11.6 Å². The van der Waals surface area contributed by atoms with Crippen molar-refractivity contribution in [3.63, 3.8) is 0 Å². The lowest BCUT2D eigenvalue weighted by Gasteiger charge is -2.20. The molecule has 1 aliphatic heterocycles. The number of nitrogens with one attached hydrogen (secondary N) is 1. The standard InChI is InChI=1S/C13H17ClN4O2/c1-15-10-5-4-9(14)12(16-10)13(20)18-7-3-6-17(2)11(19)8-18/h4-5H,3,6-8H2,1-2H3,(H,15,16). The van der Waals surface area contributed by atoms with Gasteiger partial charge in [0.2, 0.25) is 5.91 Å². The summed E-state index contributed by atoms with van der Waals surface area (Å²) in [6.07, 6.45) is 0.747. The number of hydrogen-bond acceptors (Lipinski definition) is 4. The van der Waals surface area contributed by atoms with E-state index in [1.165, 1.54) is 4.90 Å². The van der Waals surface area contributed by atoms with Crippen molar-refractivity contribution in [2.75, 3.05) is 39.0 Å². The number of carbonyl (C=O) groups is 2. The number of halogens is 1. The molecule has 1 N–H and O–H groups in total. The van der Waals surface area contributed by atoms with Gasteiger partial charge in [0, 0.05) is 27.2 Å². The normalized spacial score (nSPS) is 16.1. The van der Waals surface area contributed by atoms with Gasteiger partial charge in [-0.25, -0.2) is 4.98 Å². The molecule has 0 saturated carbocycles. The first-order valence-electron chi connectivity index (χ1n) is 6.40. The minimum Gasteiger partial charge on any atom is -0.373 e. The zero-order chi connectivity index (χ0) is 14.7. The van der Waals surface area contributed by atoms with Gasteiger partial charge in [0.1, 0.15) is 18.1 Å². The van der Waals surface area contributed by atoms with Crippen molar-refractivity contribution in [1.82, 2.24) is 14.8 Å². The summed E-state index contributed by atoms with van der Waals surface area (Å²) in [4.78, 5) is 31.6. The van der Waals surface area contributed by atoms with Crippen LogP contribution in [0.2, 0.25) is 5.02 Å². The van der Waals surface area contributed by atoms with E-state index in [-0.39, 0.29) is 24.1 Å². The Labute approximate surface area is 122 Å². The lowest BCUT2D eigenvalue weighted by atomic mass is 10.3. The van der Waals surface area contributed by atoms with Crippen LogP contribution in [0.4, 0.5) is 5.82 Å². The summed E-state index contributed by atoms with van der Waals surface area (Å²) in [5.74, 6) is 0.184. The maximum absolute atomic E-state index is 12.5. The predicted octanol–water partition coefficient (Wildman–Crippen LogP) is 1.08. The molecule has 2 rings (SSSR count). The minimum atomic E-state index is -0.309. The Bertz CT molecular complexity index is 535. The Morgan fingerprint density at radius 1 is 1.40 bits per heavy atom. The second-order valence-corrected chi connectivity index (χ2v) is 5.08. The van der Waals surface area contributed by atoms with E-state index in [1.807, 2.05) is 0 Å². The third-order valence-electron chi connectivity index (χ3n) is 3.27. The summed E-state index contributed by atoms with van der Waals surface area (Å²) in [7, 11) is 3.46. The highest BCUT2D eigenvalue weighted by molar-refractivity contribution is 6.33. The number of pyridine rings is 1. The van der Waals surface area contributed by atoms with Gasteiger partial charge in [-0.1, -0.05) is 11.6 Å². The zero-order valence-electron chi connectivity index (χ0n) is 11.5. The maximum Gasteiger partial charge on any atom is 0.274 e. The van der Waals surface area contributed by atoms with Crippen LogP contribution in [0.5, 0.6) is 0 Å². The molecule has 2 amide bonds. The third kappa shape index (κ3) is 3.01. The molecule has 1 fully saturated rings. The van der Waals surface area contributed by atoms with Crippen LogP contribution in [-0.4, -0.2) is 60.3 Å². The quantitative estimate of drug-likeness (QED) is 0.887. The van der Waals surface area contributed by atoms with Gasteiger partial charge in [-0.2, -0.15) is 0 Å². The van der Waals surface area contributed by atoms with Crippen molar-refractivity contribution in [2.45, 2.75) is 6.42 Å². The van der Waals surface area contributed by atoms with Gasteiger partial charge >= 0.3 is 0 Å². The van der Waals surface area contributed by atoms with Gasteiger partial charge in [-0.05, 0) is 18.6 Å². The molecule has 0 aliphatic carbocycles. The summed E-state index contributed by atoms with van der Waals surface area (Å²) in [6, 6.07) is 3.32. The highest BCUT2D eigenvalue weighted by atomic mass is 35.5. The highest BCUT2D eigenvalue weighted by Gasteiger charge is 2.26. The zero-order valence-corrected chi connectivity index (χ0v) is 12.3. The third-order valence-corrected chi connectivity index (χ3v) is 3.57. The number of aromatic nitrogens is 1. The molecule has 1 aromatic rings. The van der Waals surface area contributed by atoms with Crippen molar-refractivity contribution >= 4 is 29.2 Å². The Hall–Kier alpha value is -1.82. The van der Waals surface area contributed by atoms with Crippen molar-refractivity contribution in [3.8, 4) is 0 Å². The van der Waals surface area contributed by atoms with Gasteiger partial charge in [-0.3, -0.25) is 9.59 Å². The molecule has 1 aliphatic rings. The summed E-state index contributed by atoms with van der Waals surface area (Å²) in [6.45, 7) is 1.24. The molecule has 2 heterocycles. The van der Waals surface area contributed by atoms with Gasteiger partial charge in [0.15, 0.2) is 0 Å². The molecular formula is C13H17ClN4O2. The monoisotopic (exact) mass is 296 g/mol. The molecule has 0 atom stereocenters. The lowest BCUT2D eigenvalue weighted by Crippen LogP contribution is -2.38.